The molecular weight excluding hydrogens is 292 g/mol. The lowest BCUT2D eigenvalue weighted by molar-refractivity contribution is 0.0951. The van der Waals surface area contributed by atoms with Gasteiger partial charge in [0.1, 0.15) is 0 Å². The fraction of sp³-hybridized carbons (Fsp3) is 0.500. The summed E-state index contributed by atoms with van der Waals surface area (Å²) >= 11 is 3.37. The van der Waals surface area contributed by atoms with Crippen molar-refractivity contribution in [1.29, 1.82) is 0 Å². The number of hydrogen-bond donors (Lipinski definition) is 2. The molecule has 1 aromatic carbocycles. The van der Waals surface area contributed by atoms with Gasteiger partial charge in [0.05, 0.1) is 0 Å². The van der Waals surface area contributed by atoms with E-state index in [1.54, 1.807) is 0 Å². The number of carbonyl (C=O) groups is 1. The molecule has 1 unspecified atom stereocenters. The lowest BCUT2D eigenvalue weighted by Crippen LogP contribution is -2.37. The molecule has 0 saturated carbocycles. The van der Waals surface area contributed by atoms with Crippen molar-refractivity contribution in [2.75, 3.05) is 13.1 Å². The molecule has 1 aliphatic rings. The van der Waals surface area contributed by atoms with Crippen LogP contribution in [-0.2, 0) is 0 Å². The van der Waals surface area contributed by atoms with Gasteiger partial charge in [0.25, 0.3) is 5.91 Å². The predicted octanol–water partition coefficient (Wildman–Crippen LogP) is 2.71. The Morgan fingerprint density at radius 3 is 3.06 bits per heavy atom. The first-order chi connectivity index (χ1) is 8.75. The Kier molecular flexibility index (Phi) is 5.20. The number of benzene rings is 1. The number of amides is 1. The minimum atomic E-state index is 0.00658. The first kappa shape index (κ1) is 13.6. The minimum absolute atomic E-state index is 0.00658. The Labute approximate surface area is 116 Å². The van der Waals surface area contributed by atoms with Gasteiger partial charge in [0, 0.05) is 22.6 Å². The number of halogens is 1. The van der Waals surface area contributed by atoms with Crippen LogP contribution in [0.15, 0.2) is 28.7 Å². The van der Waals surface area contributed by atoms with Crippen LogP contribution >= 0.6 is 15.9 Å². The summed E-state index contributed by atoms with van der Waals surface area (Å²) < 4.78 is 0.934. The summed E-state index contributed by atoms with van der Waals surface area (Å²) in [4.78, 5) is 11.9. The molecule has 1 aromatic rings. The van der Waals surface area contributed by atoms with Gasteiger partial charge in [-0.15, -0.1) is 0 Å². The predicted molar refractivity (Wildman–Crippen MR) is 76.7 cm³/mol. The van der Waals surface area contributed by atoms with Crippen molar-refractivity contribution in [2.45, 2.75) is 31.7 Å². The van der Waals surface area contributed by atoms with Gasteiger partial charge in [-0.3, -0.25) is 4.79 Å². The highest BCUT2D eigenvalue weighted by molar-refractivity contribution is 9.10. The normalized spacial score (nSPS) is 19.5. The van der Waals surface area contributed by atoms with Crippen molar-refractivity contribution >= 4 is 21.8 Å². The number of rotatable bonds is 4. The maximum atomic E-state index is 11.9. The summed E-state index contributed by atoms with van der Waals surface area (Å²) in [6, 6.07) is 8.04. The van der Waals surface area contributed by atoms with Gasteiger partial charge >= 0.3 is 0 Å². The molecule has 98 valence electrons. The average molecular weight is 311 g/mol. The van der Waals surface area contributed by atoms with Gasteiger partial charge in [-0.1, -0.05) is 28.4 Å². The van der Waals surface area contributed by atoms with Crippen LogP contribution in [0.1, 0.15) is 36.0 Å². The largest absolute Gasteiger partial charge is 0.352 e. The molecule has 18 heavy (non-hydrogen) atoms. The fourth-order valence-electron chi connectivity index (χ4n) is 2.26. The molecule has 1 heterocycles. The lowest BCUT2D eigenvalue weighted by atomic mass is 10.0. The van der Waals surface area contributed by atoms with E-state index in [0.29, 0.717) is 11.6 Å². The molecule has 0 spiro atoms. The SMILES string of the molecule is O=C(NCCC1CCCCN1)c1cccc(Br)c1. The second kappa shape index (κ2) is 6.90. The zero-order valence-electron chi connectivity index (χ0n) is 10.4. The molecular formula is C14H19BrN2O. The third-order valence-corrected chi connectivity index (χ3v) is 3.77. The van der Waals surface area contributed by atoms with Gasteiger partial charge in [0.2, 0.25) is 0 Å². The average Bonchev–Trinajstić information content (AvgIpc) is 2.40. The van der Waals surface area contributed by atoms with Crippen LogP contribution in [0, 0.1) is 0 Å². The van der Waals surface area contributed by atoms with E-state index in [1.165, 1.54) is 19.3 Å². The van der Waals surface area contributed by atoms with Crippen molar-refractivity contribution in [3.8, 4) is 0 Å². The second-order valence-electron chi connectivity index (χ2n) is 4.70. The van der Waals surface area contributed by atoms with Gasteiger partial charge in [0.15, 0.2) is 0 Å². The molecule has 1 atom stereocenters. The fourth-order valence-corrected chi connectivity index (χ4v) is 2.66. The molecule has 0 aromatic heterocycles. The maximum Gasteiger partial charge on any atom is 0.251 e. The van der Waals surface area contributed by atoms with Crippen molar-refractivity contribution < 1.29 is 4.79 Å². The van der Waals surface area contributed by atoms with Gasteiger partial charge in [-0.05, 0) is 44.0 Å². The Balaban J connectivity index is 1.74. The summed E-state index contributed by atoms with van der Waals surface area (Å²) in [5.74, 6) is 0.00658. The van der Waals surface area contributed by atoms with E-state index in [-0.39, 0.29) is 5.91 Å². The van der Waals surface area contributed by atoms with Crippen LogP contribution < -0.4 is 10.6 Å². The molecule has 3 nitrogen and oxygen atoms in total. The van der Waals surface area contributed by atoms with Crippen LogP contribution in [-0.4, -0.2) is 25.0 Å². The van der Waals surface area contributed by atoms with Crippen molar-refractivity contribution in [3.63, 3.8) is 0 Å². The number of nitrogens with one attached hydrogen (secondary N) is 2. The van der Waals surface area contributed by atoms with E-state index in [4.69, 9.17) is 0 Å². The second-order valence-corrected chi connectivity index (χ2v) is 5.62. The van der Waals surface area contributed by atoms with E-state index < -0.39 is 0 Å². The van der Waals surface area contributed by atoms with Crippen molar-refractivity contribution in [2.24, 2.45) is 0 Å². The van der Waals surface area contributed by atoms with Crippen LogP contribution in [0.5, 0.6) is 0 Å². The Bertz CT molecular complexity index is 403. The molecule has 0 radical (unpaired) electrons. The molecule has 1 fully saturated rings. The van der Waals surface area contributed by atoms with Crippen molar-refractivity contribution in [3.05, 3.63) is 34.3 Å². The maximum absolute atomic E-state index is 11.9. The summed E-state index contributed by atoms with van der Waals surface area (Å²) in [5.41, 5.74) is 0.709. The minimum Gasteiger partial charge on any atom is -0.352 e. The highest BCUT2D eigenvalue weighted by Gasteiger charge is 2.12. The molecule has 2 rings (SSSR count). The zero-order chi connectivity index (χ0) is 12.8. The highest BCUT2D eigenvalue weighted by Crippen LogP contribution is 2.12. The Hall–Kier alpha value is -0.870. The van der Waals surface area contributed by atoms with E-state index in [2.05, 4.69) is 26.6 Å². The van der Waals surface area contributed by atoms with E-state index >= 15 is 0 Å². The molecule has 0 bridgehead atoms. The summed E-state index contributed by atoms with van der Waals surface area (Å²) in [5, 5.41) is 6.46. The third-order valence-electron chi connectivity index (χ3n) is 3.28. The summed E-state index contributed by atoms with van der Waals surface area (Å²) in [6.45, 7) is 1.85. The highest BCUT2D eigenvalue weighted by atomic mass is 79.9. The van der Waals surface area contributed by atoms with E-state index in [9.17, 15) is 4.79 Å². The first-order valence-electron chi connectivity index (χ1n) is 6.53. The molecule has 4 heteroatoms. The van der Waals surface area contributed by atoms with Crippen molar-refractivity contribution in [1.82, 2.24) is 10.6 Å². The summed E-state index contributed by atoms with van der Waals surface area (Å²) in [6.07, 6.45) is 4.82. The van der Waals surface area contributed by atoms with Crippen LogP contribution in [0.2, 0.25) is 0 Å². The smallest absolute Gasteiger partial charge is 0.251 e. The Morgan fingerprint density at radius 1 is 1.44 bits per heavy atom. The molecule has 2 N–H and O–H groups in total. The molecule has 1 saturated heterocycles. The van der Waals surface area contributed by atoms with Gasteiger partial charge < -0.3 is 10.6 Å². The quantitative estimate of drug-likeness (QED) is 0.898. The van der Waals surface area contributed by atoms with Crippen LogP contribution in [0.3, 0.4) is 0 Å². The van der Waals surface area contributed by atoms with E-state index in [1.807, 2.05) is 24.3 Å². The first-order valence-corrected chi connectivity index (χ1v) is 7.32. The van der Waals surface area contributed by atoms with Crippen LogP contribution in [0.25, 0.3) is 0 Å². The Morgan fingerprint density at radius 2 is 2.33 bits per heavy atom. The van der Waals surface area contributed by atoms with Gasteiger partial charge in [-0.2, -0.15) is 0 Å². The number of carbonyl (C=O) groups excluding carboxylic acids is 1. The van der Waals surface area contributed by atoms with Crippen LogP contribution in [0.4, 0.5) is 0 Å². The molecule has 0 aliphatic carbocycles. The zero-order valence-corrected chi connectivity index (χ0v) is 12.0. The third kappa shape index (κ3) is 4.10. The standard InChI is InChI=1S/C14H19BrN2O/c15-12-5-3-4-11(10-12)14(18)17-9-7-13-6-1-2-8-16-13/h3-5,10,13,16H,1-2,6-9H2,(H,17,18). The lowest BCUT2D eigenvalue weighted by Gasteiger charge is -2.23. The molecule has 1 amide bonds. The monoisotopic (exact) mass is 310 g/mol. The topological polar surface area (TPSA) is 41.1 Å². The van der Waals surface area contributed by atoms with Gasteiger partial charge in [-0.25, -0.2) is 0 Å². The van der Waals surface area contributed by atoms with E-state index in [0.717, 1.165) is 24.0 Å². The number of piperidine rings is 1. The molecule has 1 aliphatic heterocycles. The summed E-state index contributed by atoms with van der Waals surface area (Å²) in [7, 11) is 0. The number of hydrogen-bond acceptors (Lipinski definition) is 2.